The molecule has 9 nitrogen and oxygen atoms in total. The number of nitriles is 1. The Bertz CT molecular complexity index is 1420. The van der Waals surface area contributed by atoms with Crippen LogP contribution < -0.4 is 14.8 Å². The fourth-order valence-electron chi connectivity index (χ4n) is 3.10. The minimum absolute atomic E-state index is 0.0755. The molecule has 3 rings (SSSR count). The zero-order valence-electron chi connectivity index (χ0n) is 19.6. The van der Waals surface area contributed by atoms with Crippen molar-refractivity contribution in [2.45, 2.75) is 13.8 Å². The van der Waals surface area contributed by atoms with Crippen LogP contribution in [0.3, 0.4) is 0 Å². The maximum Gasteiger partial charge on any atom is 0.343 e. The molecule has 0 aliphatic rings. The van der Waals surface area contributed by atoms with Gasteiger partial charge in [0.25, 0.3) is 11.6 Å². The molecule has 0 unspecified atom stereocenters. The minimum Gasteiger partial charge on any atom is -0.490 e. The molecule has 0 aromatic heterocycles. The first-order chi connectivity index (χ1) is 17.6. The average Bonchev–Trinajstić information content (AvgIpc) is 2.86. The van der Waals surface area contributed by atoms with Crippen LogP contribution in [0.15, 0.2) is 60.2 Å². The number of anilines is 1. The van der Waals surface area contributed by atoms with Crippen molar-refractivity contribution < 1.29 is 24.0 Å². The zero-order chi connectivity index (χ0) is 27.1. The highest BCUT2D eigenvalue weighted by molar-refractivity contribution is 6.40. The van der Waals surface area contributed by atoms with E-state index in [0.29, 0.717) is 11.1 Å². The first-order valence-corrected chi connectivity index (χ1v) is 11.5. The van der Waals surface area contributed by atoms with E-state index in [1.807, 2.05) is 6.92 Å². The van der Waals surface area contributed by atoms with Crippen molar-refractivity contribution in [1.82, 2.24) is 0 Å². The lowest BCUT2D eigenvalue weighted by Crippen LogP contribution is -2.14. The van der Waals surface area contributed by atoms with Gasteiger partial charge in [0.05, 0.1) is 32.8 Å². The number of nitrogens with zero attached hydrogens (tertiary/aromatic N) is 2. The van der Waals surface area contributed by atoms with Crippen molar-refractivity contribution in [3.05, 3.63) is 97.0 Å². The minimum atomic E-state index is -0.840. The lowest BCUT2D eigenvalue weighted by molar-refractivity contribution is -0.384. The predicted molar refractivity (Wildman–Crippen MR) is 139 cm³/mol. The molecule has 0 saturated carbocycles. The van der Waals surface area contributed by atoms with Crippen LogP contribution in [0.25, 0.3) is 6.08 Å². The van der Waals surface area contributed by atoms with Gasteiger partial charge in [0, 0.05) is 12.1 Å². The predicted octanol–water partition coefficient (Wildman–Crippen LogP) is 6.37. The summed E-state index contributed by atoms with van der Waals surface area (Å²) in [6, 6.07) is 15.3. The second-order valence-electron chi connectivity index (χ2n) is 7.56. The number of nitro benzene ring substituents is 1. The van der Waals surface area contributed by atoms with E-state index in [1.165, 1.54) is 24.3 Å². The molecule has 0 aliphatic carbocycles. The summed E-state index contributed by atoms with van der Waals surface area (Å²) in [6.45, 7) is 3.92. The average molecular weight is 540 g/mol. The number of carbonyl (C=O) groups is 2. The molecule has 0 atom stereocenters. The molecule has 1 amide bonds. The lowest BCUT2D eigenvalue weighted by atomic mass is 10.1. The highest BCUT2D eigenvalue weighted by Gasteiger charge is 2.19. The van der Waals surface area contributed by atoms with Gasteiger partial charge in [-0.3, -0.25) is 14.9 Å². The maximum absolute atomic E-state index is 12.7. The summed E-state index contributed by atoms with van der Waals surface area (Å²) in [5, 5.41) is 22.6. The molecule has 0 aliphatic heterocycles. The fourth-order valence-corrected chi connectivity index (χ4v) is 3.67. The van der Waals surface area contributed by atoms with Crippen molar-refractivity contribution in [3.63, 3.8) is 0 Å². The molecule has 188 valence electrons. The number of halogens is 2. The van der Waals surface area contributed by atoms with E-state index in [1.54, 1.807) is 37.3 Å². The summed E-state index contributed by atoms with van der Waals surface area (Å²) in [5.74, 6) is -1.01. The summed E-state index contributed by atoms with van der Waals surface area (Å²) in [7, 11) is 0. The molecule has 0 heterocycles. The van der Waals surface area contributed by atoms with Crippen LogP contribution in [0.5, 0.6) is 11.5 Å². The molecule has 0 saturated heterocycles. The van der Waals surface area contributed by atoms with Crippen molar-refractivity contribution >= 4 is 52.5 Å². The smallest absolute Gasteiger partial charge is 0.343 e. The highest BCUT2D eigenvalue weighted by Crippen LogP contribution is 2.35. The Balaban J connectivity index is 1.85. The molecule has 0 fully saturated rings. The van der Waals surface area contributed by atoms with Gasteiger partial charge in [-0.25, -0.2) is 4.79 Å². The van der Waals surface area contributed by atoms with Gasteiger partial charge in [0.15, 0.2) is 11.5 Å². The Kier molecular flexibility index (Phi) is 8.85. The summed E-state index contributed by atoms with van der Waals surface area (Å²) in [4.78, 5) is 35.5. The number of hydrogen-bond acceptors (Lipinski definition) is 7. The quantitative estimate of drug-likeness (QED) is 0.0877. The van der Waals surface area contributed by atoms with E-state index in [4.69, 9.17) is 32.7 Å². The number of rotatable bonds is 8. The van der Waals surface area contributed by atoms with Crippen LogP contribution in [0, 0.1) is 28.4 Å². The molecular weight excluding hydrogens is 521 g/mol. The molecule has 11 heteroatoms. The molecular formula is C26H19Cl2N3O6. The topological polar surface area (TPSA) is 132 Å². The molecule has 0 spiro atoms. The molecule has 37 heavy (non-hydrogen) atoms. The van der Waals surface area contributed by atoms with Gasteiger partial charge in [0.2, 0.25) is 0 Å². The van der Waals surface area contributed by atoms with E-state index in [9.17, 15) is 25.0 Å². The van der Waals surface area contributed by atoms with Crippen LogP contribution in [-0.2, 0) is 4.79 Å². The van der Waals surface area contributed by atoms with Crippen LogP contribution >= 0.6 is 23.2 Å². The molecule has 1 N–H and O–H groups in total. The Labute approximate surface area is 222 Å². The van der Waals surface area contributed by atoms with Gasteiger partial charge in [-0.2, -0.15) is 5.26 Å². The number of benzene rings is 3. The standard InChI is InChI=1S/C26H19Cl2N3O6/c1-3-36-23-11-16(6-9-22(23)37-26(33)17-7-4-15(2)5-8-17)10-18(14-29)25(32)30-24-20(27)12-19(31(34)35)13-21(24)28/h4-13H,3H2,1-2H3,(H,30,32)/b18-10+. The van der Waals surface area contributed by atoms with E-state index in [-0.39, 0.29) is 45.1 Å². The molecule has 3 aromatic carbocycles. The number of nitro groups is 1. The summed E-state index contributed by atoms with van der Waals surface area (Å²) >= 11 is 12.1. The second kappa shape index (κ2) is 12.0. The summed E-state index contributed by atoms with van der Waals surface area (Å²) in [5.41, 5.74) is 1.04. The largest absolute Gasteiger partial charge is 0.490 e. The van der Waals surface area contributed by atoms with Crippen molar-refractivity contribution in [1.29, 1.82) is 5.26 Å². The number of carbonyl (C=O) groups excluding carboxylic acids is 2. The first-order valence-electron chi connectivity index (χ1n) is 10.7. The van der Waals surface area contributed by atoms with Gasteiger partial charge < -0.3 is 14.8 Å². The number of non-ortho nitro benzene ring substituents is 1. The Morgan fingerprint density at radius 3 is 2.30 bits per heavy atom. The van der Waals surface area contributed by atoms with Gasteiger partial charge in [0.1, 0.15) is 11.6 Å². The zero-order valence-corrected chi connectivity index (χ0v) is 21.1. The van der Waals surface area contributed by atoms with Crippen LogP contribution in [0.4, 0.5) is 11.4 Å². The molecule has 0 bridgehead atoms. The Morgan fingerprint density at radius 2 is 1.73 bits per heavy atom. The second-order valence-corrected chi connectivity index (χ2v) is 8.37. The number of ether oxygens (including phenoxy) is 2. The van der Waals surface area contributed by atoms with Crippen LogP contribution in [0.2, 0.25) is 10.0 Å². The SMILES string of the molecule is CCOc1cc(/C=C(\C#N)C(=O)Nc2c(Cl)cc([N+](=O)[O-])cc2Cl)ccc1OC(=O)c1ccc(C)cc1. The van der Waals surface area contributed by atoms with Crippen molar-refractivity contribution in [2.24, 2.45) is 0 Å². The Morgan fingerprint density at radius 1 is 1.08 bits per heavy atom. The third-order valence-corrected chi connectivity index (χ3v) is 5.51. The molecule has 3 aromatic rings. The number of esters is 1. The summed E-state index contributed by atoms with van der Waals surface area (Å²) in [6.07, 6.45) is 1.29. The maximum atomic E-state index is 12.7. The third kappa shape index (κ3) is 6.85. The normalized spacial score (nSPS) is 10.8. The van der Waals surface area contributed by atoms with Gasteiger partial charge in [-0.05, 0) is 49.8 Å². The van der Waals surface area contributed by atoms with Gasteiger partial charge in [-0.1, -0.05) is 47.0 Å². The number of nitrogens with one attached hydrogen (secondary N) is 1. The van der Waals surface area contributed by atoms with Crippen molar-refractivity contribution in [2.75, 3.05) is 11.9 Å². The van der Waals surface area contributed by atoms with Crippen molar-refractivity contribution in [3.8, 4) is 17.6 Å². The van der Waals surface area contributed by atoms with E-state index in [2.05, 4.69) is 5.32 Å². The number of aryl methyl sites for hydroxylation is 1. The molecule has 0 radical (unpaired) electrons. The highest BCUT2D eigenvalue weighted by atomic mass is 35.5. The van der Waals surface area contributed by atoms with E-state index in [0.717, 1.165) is 17.7 Å². The number of hydrogen-bond donors (Lipinski definition) is 1. The van der Waals surface area contributed by atoms with Gasteiger partial charge in [-0.15, -0.1) is 0 Å². The van der Waals surface area contributed by atoms with Crippen LogP contribution in [-0.4, -0.2) is 23.4 Å². The first kappa shape index (κ1) is 27.2. The Hall–Kier alpha value is -4.39. The van der Waals surface area contributed by atoms with Crippen LogP contribution in [0.1, 0.15) is 28.4 Å². The third-order valence-electron chi connectivity index (χ3n) is 4.91. The fraction of sp³-hybridized carbons (Fsp3) is 0.115. The monoisotopic (exact) mass is 539 g/mol. The lowest BCUT2D eigenvalue weighted by Gasteiger charge is -2.12. The number of amides is 1. The summed E-state index contributed by atoms with van der Waals surface area (Å²) < 4.78 is 11.1. The van der Waals surface area contributed by atoms with E-state index >= 15 is 0 Å². The van der Waals surface area contributed by atoms with Gasteiger partial charge >= 0.3 is 5.97 Å². The van der Waals surface area contributed by atoms with E-state index < -0.39 is 16.8 Å².